The maximum absolute atomic E-state index is 5.88. The highest BCUT2D eigenvalue weighted by atomic mass is 32.1. The molecule has 1 fully saturated rings. The summed E-state index contributed by atoms with van der Waals surface area (Å²) in [6.45, 7) is 8.88. The van der Waals surface area contributed by atoms with Crippen LogP contribution in [-0.2, 0) is 17.6 Å². The van der Waals surface area contributed by atoms with Gasteiger partial charge in [0, 0.05) is 23.9 Å². The molecular formula is C17H28N2OS. The number of hydrogen-bond donors (Lipinski definition) is 1. The molecule has 4 heteroatoms. The minimum absolute atomic E-state index is 0.354. The molecule has 1 N–H and O–H groups in total. The molecular weight excluding hydrogens is 280 g/mol. The Labute approximate surface area is 132 Å². The lowest BCUT2D eigenvalue weighted by Crippen LogP contribution is -2.32. The van der Waals surface area contributed by atoms with Crippen molar-refractivity contribution in [3.63, 3.8) is 0 Å². The lowest BCUT2D eigenvalue weighted by molar-refractivity contribution is 0.0167. The molecule has 118 valence electrons. The summed E-state index contributed by atoms with van der Waals surface area (Å²) in [5, 5.41) is 4.94. The van der Waals surface area contributed by atoms with E-state index in [1.54, 1.807) is 0 Å². The third-order valence-corrected chi connectivity index (χ3v) is 5.85. The molecule has 2 unspecified atom stereocenters. The molecule has 1 aliphatic heterocycles. The summed E-state index contributed by atoms with van der Waals surface area (Å²) in [5.41, 5.74) is 1.69. The summed E-state index contributed by atoms with van der Waals surface area (Å²) in [5.74, 6) is 0. The van der Waals surface area contributed by atoms with Gasteiger partial charge in [0.05, 0.1) is 16.8 Å². The minimum atomic E-state index is 0.354. The van der Waals surface area contributed by atoms with Gasteiger partial charge in [0.2, 0.25) is 0 Å². The van der Waals surface area contributed by atoms with Crippen LogP contribution in [0.3, 0.4) is 0 Å². The molecule has 2 atom stereocenters. The van der Waals surface area contributed by atoms with Crippen LogP contribution in [0.15, 0.2) is 0 Å². The van der Waals surface area contributed by atoms with Crippen LogP contribution < -0.4 is 5.32 Å². The minimum Gasteiger partial charge on any atom is -0.378 e. The first kappa shape index (κ1) is 15.4. The van der Waals surface area contributed by atoms with Crippen LogP contribution in [0, 0.1) is 5.41 Å². The number of ether oxygens (including phenoxy) is 1. The lowest BCUT2D eigenvalue weighted by Gasteiger charge is -2.34. The van der Waals surface area contributed by atoms with Crippen LogP contribution in [0.1, 0.15) is 68.1 Å². The van der Waals surface area contributed by atoms with Gasteiger partial charge in [-0.3, -0.25) is 0 Å². The predicted octanol–water partition coefficient (Wildman–Crippen LogP) is 3.88. The zero-order chi connectivity index (χ0) is 14.9. The zero-order valence-corrected chi connectivity index (χ0v) is 14.4. The van der Waals surface area contributed by atoms with E-state index >= 15 is 0 Å². The highest BCUT2D eigenvalue weighted by molar-refractivity contribution is 7.11. The second-order valence-electron chi connectivity index (χ2n) is 7.27. The second kappa shape index (κ2) is 6.35. The maximum Gasteiger partial charge on any atom is 0.0957 e. The van der Waals surface area contributed by atoms with Crippen LogP contribution in [0.4, 0.5) is 0 Å². The van der Waals surface area contributed by atoms with Gasteiger partial charge in [-0.2, -0.15) is 0 Å². The van der Waals surface area contributed by atoms with Crippen molar-refractivity contribution in [3.8, 4) is 0 Å². The summed E-state index contributed by atoms with van der Waals surface area (Å²) < 4.78 is 5.88. The summed E-state index contributed by atoms with van der Waals surface area (Å²) in [7, 11) is 0. The van der Waals surface area contributed by atoms with Crippen LogP contribution in [0.2, 0.25) is 0 Å². The molecule has 1 saturated heterocycles. The Bertz CT molecular complexity index is 477. The molecule has 0 saturated carbocycles. The number of thiazole rings is 1. The Morgan fingerprint density at radius 1 is 1.38 bits per heavy atom. The molecule has 1 aromatic rings. The standard InChI is InChI=1S/C17H28N2OS/c1-4-18-13-10-17(2,3)11-14-16(13)21-15(19-14)9-12-7-5-6-8-20-12/h12-13,18H,4-11H2,1-3H3. The van der Waals surface area contributed by atoms with E-state index in [1.807, 2.05) is 11.3 Å². The Morgan fingerprint density at radius 2 is 2.24 bits per heavy atom. The van der Waals surface area contributed by atoms with Crippen molar-refractivity contribution in [1.82, 2.24) is 10.3 Å². The zero-order valence-electron chi connectivity index (χ0n) is 13.6. The molecule has 0 bridgehead atoms. The Kier molecular flexibility index (Phi) is 4.67. The first-order valence-electron chi connectivity index (χ1n) is 8.41. The Hall–Kier alpha value is -0.450. The molecule has 0 spiro atoms. The van der Waals surface area contributed by atoms with E-state index in [-0.39, 0.29) is 0 Å². The summed E-state index contributed by atoms with van der Waals surface area (Å²) in [4.78, 5) is 6.46. The third kappa shape index (κ3) is 3.66. The quantitative estimate of drug-likeness (QED) is 0.916. The molecule has 1 aliphatic carbocycles. The van der Waals surface area contributed by atoms with E-state index in [0.29, 0.717) is 17.6 Å². The fraction of sp³-hybridized carbons (Fsp3) is 0.824. The average molecular weight is 308 g/mol. The first-order valence-corrected chi connectivity index (χ1v) is 9.22. The summed E-state index contributed by atoms with van der Waals surface area (Å²) in [6.07, 6.45) is 7.48. The Balaban J connectivity index is 1.76. The topological polar surface area (TPSA) is 34.2 Å². The van der Waals surface area contributed by atoms with Crippen molar-refractivity contribution in [2.24, 2.45) is 5.41 Å². The predicted molar refractivity (Wildman–Crippen MR) is 87.9 cm³/mol. The maximum atomic E-state index is 5.88. The molecule has 0 aromatic carbocycles. The smallest absolute Gasteiger partial charge is 0.0957 e. The van der Waals surface area contributed by atoms with Gasteiger partial charge in [-0.15, -0.1) is 11.3 Å². The number of rotatable bonds is 4. The van der Waals surface area contributed by atoms with Crippen molar-refractivity contribution in [3.05, 3.63) is 15.6 Å². The molecule has 3 rings (SSSR count). The monoisotopic (exact) mass is 308 g/mol. The highest BCUT2D eigenvalue weighted by Crippen LogP contribution is 2.43. The first-order chi connectivity index (χ1) is 10.1. The Morgan fingerprint density at radius 3 is 2.95 bits per heavy atom. The van der Waals surface area contributed by atoms with E-state index < -0.39 is 0 Å². The molecule has 3 nitrogen and oxygen atoms in total. The fourth-order valence-electron chi connectivity index (χ4n) is 3.65. The van der Waals surface area contributed by atoms with Gasteiger partial charge >= 0.3 is 0 Å². The molecule has 2 aliphatic rings. The molecule has 0 radical (unpaired) electrons. The highest BCUT2D eigenvalue weighted by Gasteiger charge is 2.34. The average Bonchev–Trinajstić information content (AvgIpc) is 2.81. The van der Waals surface area contributed by atoms with Crippen molar-refractivity contribution >= 4 is 11.3 Å². The van der Waals surface area contributed by atoms with Crippen LogP contribution in [-0.4, -0.2) is 24.2 Å². The van der Waals surface area contributed by atoms with E-state index in [2.05, 4.69) is 26.1 Å². The van der Waals surface area contributed by atoms with Crippen LogP contribution in [0.5, 0.6) is 0 Å². The number of fused-ring (bicyclic) bond motifs is 1. The van der Waals surface area contributed by atoms with Gasteiger partial charge < -0.3 is 10.1 Å². The normalized spacial score (nSPS) is 28.3. The van der Waals surface area contributed by atoms with Gasteiger partial charge in [0.25, 0.3) is 0 Å². The van der Waals surface area contributed by atoms with Gasteiger partial charge in [-0.05, 0) is 44.1 Å². The fourth-order valence-corrected chi connectivity index (χ4v) is 4.87. The largest absolute Gasteiger partial charge is 0.378 e. The van der Waals surface area contributed by atoms with Gasteiger partial charge in [0.15, 0.2) is 0 Å². The number of aromatic nitrogens is 1. The van der Waals surface area contributed by atoms with Gasteiger partial charge in [-0.1, -0.05) is 20.8 Å². The molecule has 21 heavy (non-hydrogen) atoms. The lowest BCUT2D eigenvalue weighted by atomic mass is 9.76. The third-order valence-electron chi connectivity index (χ3n) is 4.62. The second-order valence-corrected chi connectivity index (χ2v) is 8.38. The van der Waals surface area contributed by atoms with Crippen molar-refractivity contribution in [2.45, 2.75) is 71.4 Å². The number of nitrogens with zero attached hydrogens (tertiary/aromatic N) is 1. The molecule has 1 aromatic heterocycles. The summed E-state index contributed by atoms with van der Waals surface area (Å²) in [6, 6.07) is 0.493. The van der Waals surface area contributed by atoms with Gasteiger partial charge in [0.1, 0.15) is 0 Å². The van der Waals surface area contributed by atoms with E-state index in [4.69, 9.17) is 9.72 Å². The van der Waals surface area contributed by atoms with Crippen molar-refractivity contribution < 1.29 is 4.74 Å². The van der Waals surface area contributed by atoms with E-state index in [1.165, 1.54) is 41.3 Å². The molecule has 2 heterocycles. The van der Waals surface area contributed by atoms with E-state index in [0.717, 1.165) is 26.0 Å². The molecule has 0 amide bonds. The SMILES string of the molecule is CCNC1CC(C)(C)Cc2nc(CC3CCCCO3)sc21. The number of hydrogen-bond acceptors (Lipinski definition) is 4. The van der Waals surface area contributed by atoms with E-state index in [9.17, 15) is 0 Å². The van der Waals surface area contributed by atoms with Crippen LogP contribution >= 0.6 is 11.3 Å². The summed E-state index contributed by atoms with van der Waals surface area (Å²) >= 11 is 1.92. The number of nitrogens with one attached hydrogen (secondary N) is 1. The van der Waals surface area contributed by atoms with Crippen molar-refractivity contribution in [1.29, 1.82) is 0 Å². The van der Waals surface area contributed by atoms with Gasteiger partial charge in [-0.25, -0.2) is 4.98 Å². The van der Waals surface area contributed by atoms with Crippen molar-refractivity contribution in [2.75, 3.05) is 13.2 Å². The van der Waals surface area contributed by atoms with Crippen LogP contribution in [0.25, 0.3) is 0 Å².